The number of ether oxygens (including phenoxy) is 1. The standard InChI is InChI=1S/C10H10F3NO4S/c11-10(12,13)5-18-9(17)14-6(4-8(15)16)7-2-1-3-19-7/h1-3,6H,4-5H2,(H,14,17)(H,15,16). The second-order valence-electron chi connectivity index (χ2n) is 3.50. The molecule has 0 aliphatic carbocycles. The molecule has 0 aromatic carbocycles. The van der Waals surface area contributed by atoms with Crippen LogP contribution in [0.4, 0.5) is 18.0 Å². The second kappa shape index (κ2) is 6.41. The summed E-state index contributed by atoms with van der Waals surface area (Å²) in [7, 11) is 0. The van der Waals surface area contributed by atoms with Crippen LogP contribution in [0.3, 0.4) is 0 Å². The molecule has 106 valence electrons. The van der Waals surface area contributed by atoms with Crippen LogP contribution in [0.5, 0.6) is 0 Å². The minimum atomic E-state index is -4.62. The average molecular weight is 297 g/mol. The number of amides is 1. The Labute approximate surface area is 110 Å². The molecule has 0 fully saturated rings. The van der Waals surface area contributed by atoms with Crippen molar-refractivity contribution in [2.45, 2.75) is 18.6 Å². The molecule has 1 heterocycles. The van der Waals surface area contributed by atoms with Crippen LogP contribution in [-0.4, -0.2) is 30.0 Å². The van der Waals surface area contributed by atoms with Crippen LogP contribution < -0.4 is 5.32 Å². The fraction of sp³-hybridized carbons (Fsp3) is 0.400. The molecule has 0 bridgehead atoms. The Hall–Kier alpha value is -1.77. The molecular weight excluding hydrogens is 287 g/mol. The van der Waals surface area contributed by atoms with Gasteiger partial charge in [0.05, 0.1) is 12.5 Å². The molecule has 1 rings (SSSR count). The summed E-state index contributed by atoms with van der Waals surface area (Å²) in [6.07, 6.45) is -6.37. The summed E-state index contributed by atoms with van der Waals surface area (Å²) in [5.41, 5.74) is 0. The van der Waals surface area contributed by atoms with Crippen molar-refractivity contribution in [2.24, 2.45) is 0 Å². The van der Waals surface area contributed by atoms with Crippen LogP contribution in [0.1, 0.15) is 17.3 Å². The van der Waals surface area contributed by atoms with Crippen LogP contribution in [0, 0.1) is 0 Å². The Bertz CT molecular complexity index is 432. The lowest BCUT2D eigenvalue weighted by Crippen LogP contribution is -2.32. The molecule has 0 spiro atoms. The lowest BCUT2D eigenvalue weighted by molar-refractivity contribution is -0.160. The SMILES string of the molecule is O=C(O)CC(NC(=O)OCC(F)(F)F)c1cccs1. The van der Waals surface area contributed by atoms with Gasteiger partial charge >= 0.3 is 18.2 Å². The maximum absolute atomic E-state index is 11.8. The molecule has 0 radical (unpaired) electrons. The van der Waals surface area contributed by atoms with Gasteiger partial charge in [-0.15, -0.1) is 11.3 Å². The van der Waals surface area contributed by atoms with Gasteiger partial charge in [-0.1, -0.05) is 6.07 Å². The number of carboxylic acid groups (broad SMARTS) is 1. The highest BCUT2D eigenvalue weighted by atomic mass is 32.1. The van der Waals surface area contributed by atoms with Crippen molar-refractivity contribution >= 4 is 23.4 Å². The number of alkyl carbamates (subject to hydrolysis) is 1. The number of halogens is 3. The van der Waals surface area contributed by atoms with Gasteiger partial charge < -0.3 is 15.2 Å². The van der Waals surface area contributed by atoms with E-state index in [1.54, 1.807) is 17.5 Å². The molecule has 0 saturated heterocycles. The third-order valence-electron chi connectivity index (χ3n) is 1.92. The van der Waals surface area contributed by atoms with Crippen molar-refractivity contribution in [2.75, 3.05) is 6.61 Å². The normalized spacial score (nSPS) is 12.8. The third-order valence-corrected chi connectivity index (χ3v) is 2.91. The summed E-state index contributed by atoms with van der Waals surface area (Å²) in [5, 5.41) is 12.4. The van der Waals surface area contributed by atoms with Crippen LogP contribution in [0.15, 0.2) is 17.5 Å². The van der Waals surface area contributed by atoms with Crippen molar-refractivity contribution in [1.29, 1.82) is 0 Å². The highest BCUT2D eigenvalue weighted by molar-refractivity contribution is 7.10. The molecule has 5 nitrogen and oxygen atoms in total. The Morgan fingerprint density at radius 3 is 2.63 bits per heavy atom. The summed E-state index contributed by atoms with van der Waals surface area (Å²) in [5.74, 6) is -1.19. The average Bonchev–Trinajstić information content (AvgIpc) is 2.77. The van der Waals surface area contributed by atoms with E-state index in [0.717, 1.165) is 0 Å². The zero-order valence-corrected chi connectivity index (χ0v) is 10.3. The van der Waals surface area contributed by atoms with E-state index in [1.807, 2.05) is 0 Å². The molecule has 19 heavy (non-hydrogen) atoms. The maximum Gasteiger partial charge on any atom is 0.422 e. The molecular formula is C10H10F3NO4S. The first kappa shape index (κ1) is 15.3. The van der Waals surface area contributed by atoms with Crippen LogP contribution in [0.2, 0.25) is 0 Å². The molecule has 1 unspecified atom stereocenters. The third kappa shape index (κ3) is 6.09. The lowest BCUT2D eigenvalue weighted by Gasteiger charge is -2.16. The number of rotatable bonds is 5. The number of nitrogens with one attached hydrogen (secondary N) is 1. The largest absolute Gasteiger partial charge is 0.481 e. The van der Waals surface area contributed by atoms with Gasteiger partial charge in [0.15, 0.2) is 6.61 Å². The van der Waals surface area contributed by atoms with Gasteiger partial charge in [0.25, 0.3) is 0 Å². The molecule has 1 aromatic heterocycles. The van der Waals surface area contributed by atoms with E-state index >= 15 is 0 Å². The number of thiophene rings is 1. The molecule has 2 N–H and O–H groups in total. The number of hydrogen-bond acceptors (Lipinski definition) is 4. The van der Waals surface area contributed by atoms with Gasteiger partial charge in [-0.2, -0.15) is 13.2 Å². The van der Waals surface area contributed by atoms with Gasteiger partial charge in [-0.05, 0) is 11.4 Å². The summed E-state index contributed by atoms with van der Waals surface area (Å²) in [6.45, 7) is -1.72. The number of alkyl halides is 3. The second-order valence-corrected chi connectivity index (χ2v) is 4.48. The lowest BCUT2D eigenvalue weighted by atomic mass is 10.2. The minimum Gasteiger partial charge on any atom is -0.481 e. The smallest absolute Gasteiger partial charge is 0.422 e. The van der Waals surface area contributed by atoms with Gasteiger partial charge in [0.2, 0.25) is 0 Å². The van der Waals surface area contributed by atoms with E-state index in [-0.39, 0.29) is 0 Å². The first-order chi connectivity index (χ1) is 8.78. The zero-order chi connectivity index (χ0) is 14.5. The van der Waals surface area contributed by atoms with Gasteiger partial charge in [0, 0.05) is 4.88 Å². The molecule has 9 heteroatoms. The minimum absolute atomic E-state index is 0.443. The summed E-state index contributed by atoms with van der Waals surface area (Å²) >= 11 is 1.18. The summed E-state index contributed by atoms with van der Waals surface area (Å²) in [6, 6.07) is 2.29. The molecule has 0 aliphatic heterocycles. The predicted molar refractivity (Wildman–Crippen MR) is 59.9 cm³/mol. The van der Waals surface area contributed by atoms with Gasteiger partial charge in [-0.25, -0.2) is 4.79 Å². The van der Waals surface area contributed by atoms with Crippen LogP contribution in [0.25, 0.3) is 0 Å². The van der Waals surface area contributed by atoms with Crippen molar-refractivity contribution in [1.82, 2.24) is 5.32 Å². The Kier molecular flexibility index (Phi) is 5.16. The quantitative estimate of drug-likeness (QED) is 0.875. The number of hydrogen-bond donors (Lipinski definition) is 2. The molecule has 0 saturated carbocycles. The monoisotopic (exact) mass is 297 g/mol. The van der Waals surface area contributed by atoms with E-state index in [0.29, 0.717) is 4.88 Å². The fourth-order valence-corrected chi connectivity index (χ4v) is 2.00. The fourth-order valence-electron chi connectivity index (χ4n) is 1.22. The highest BCUT2D eigenvalue weighted by Crippen LogP contribution is 2.22. The van der Waals surface area contributed by atoms with E-state index in [2.05, 4.69) is 10.1 Å². The topological polar surface area (TPSA) is 75.6 Å². The van der Waals surface area contributed by atoms with Gasteiger partial charge in [0.1, 0.15) is 0 Å². The highest BCUT2D eigenvalue weighted by Gasteiger charge is 2.30. The number of carboxylic acids is 1. The summed E-state index contributed by atoms with van der Waals surface area (Å²) < 4.78 is 39.5. The molecule has 1 atom stereocenters. The van der Waals surface area contributed by atoms with Crippen molar-refractivity contribution < 1.29 is 32.6 Å². The van der Waals surface area contributed by atoms with Crippen molar-refractivity contribution in [3.63, 3.8) is 0 Å². The number of aliphatic carboxylic acids is 1. The van der Waals surface area contributed by atoms with E-state index in [1.165, 1.54) is 11.3 Å². The first-order valence-corrected chi connectivity index (χ1v) is 5.91. The Balaban J connectivity index is 2.58. The maximum atomic E-state index is 11.8. The summed E-state index contributed by atoms with van der Waals surface area (Å²) in [4.78, 5) is 22.3. The number of carbonyl (C=O) groups is 2. The molecule has 1 amide bonds. The van der Waals surface area contributed by atoms with E-state index in [9.17, 15) is 22.8 Å². The molecule has 0 aliphatic rings. The van der Waals surface area contributed by atoms with Crippen LogP contribution >= 0.6 is 11.3 Å². The van der Waals surface area contributed by atoms with Gasteiger partial charge in [-0.3, -0.25) is 4.79 Å². The Morgan fingerprint density at radius 2 is 2.16 bits per heavy atom. The van der Waals surface area contributed by atoms with Crippen molar-refractivity contribution in [3.05, 3.63) is 22.4 Å². The Morgan fingerprint density at radius 1 is 1.47 bits per heavy atom. The van der Waals surface area contributed by atoms with E-state index < -0.39 is 37.3 Å². The van der Waals surface area contributed by atoms with E-state index in [4.69, 9.17) is 5.11 Å². The number of carbonyl (C=O) groups excluding carboxylic acids is 1. The predicted octanol–water partition coefficient (Wildman–Crippen LogP) is 2.55. The first-order valence-electron chi connectivity index (χ1n) is 5.03. The molecule has 1 aromatic rings. The zero-order valence-electron chi connectivity index (χ0n) is 9.44. The van der Waals surface area contributed by atoms with Crippen molar-refractivity contribution in [3.8, 4) is 0 Å². The van der Waals surface area contributed by atoms with Crippen LogP contribution in [-0.2, 0) is 9.53 Å².